The minimum Gasteiger partial charge on any atom is -0.453 e. The Morgan fingerprint density at radius 3 is 2.50 bits per heavy atom. The second kappa shape index (κ2) is 5.81. The zero-order chi connectivity index (χ0) is 15.5. The molecular weight excluding hydrogens is 285 g/mol. The van der Waals surface area contributed by atoms with Crippen molar-refractivity contribution in [3.63, 3.8) is 0 Å². The molecule has 0 spiro atoms. The standard InChI is InChI=1S/C17H12FNO3/c18-13-7-5-11(6-8-13)16(20)10-22-17(21)15-9-12-3-1-2-4-14(12)19-15/h1-9,19H,10H2. The maximum atomic E-state index is 12.8. The molecule has 0 radical (unpaired) electrons. The monoisotopic (exact) mass is 297 g/mol. The lowest BCUT2D eigenvalue weighted by Crippen LogP contribution is -2.14. The highest BCUT2D eigenvalue weighted by molar-refractivity contribution is 6.00. The summed E-state index contributed by atoms with van der Waals surface area (Å²) < 4.78 is 17.8. The Hall–Kier alpha value is -2.95. The van der Waals surface area contributed by atoms with Crippen molar-refractivity contribution < 1.29 is 18.7 Å². The quantitative estimate of drug-likeness (QED) is 0.593. The lowest BCUT2D eigenvalue weighted by atomic mass is 10.1. The van der Waals surface area contributed by atoms with Crippen molar-refractivity contribution in [1.29, 1.82) is 0 Å². The maximum Gasteiger partial charge on any atom is 0.355 e. The van der Waals surface area contributed by atoms with E-state index in [1.807, 2.05) is 24.3 Å². The number of aromatic nitrogens is 1. The Morgan fingerprint density at radius 2 is 1.77 bits per heavy atom. The predicted molar refractivity (Wildman–Crippen MR) is 79.3 cm³/mol. The van der Waals surface area contributed by atoms with Crippen molar-refractivity contribution >= 4 is 22.7 Å². The molecular formula is C17H12FNO3. The number of para-hydroxylation sites is 1. The Morgan fingerprint density at radius 1 is 1.05 bits per heavy atom. The van der Waals surface area contributed by atoms with Crippen molar-refractivity contribution in [2.24, 2.45) is 0 Å². The van der Waals surface area contributed by atoms with Crippen molar-refractivity contribution in [2.45, 2.75) is 0 Å². The number of halogens is 1. The van der Waals surface area contributed by atoms with E-state index in [-0.39, 0.29) is 18.1 Å². The van der Waals surface area contributed by atoms with Gasteiger partial charge in [0.2, 0.25) is 0 Å². The Bertz CT molecular complexity index is 803. The number of Topliss-reactive ketones (excluding diaryl/α,β-unsaturated/α-hetero) is 1. The van der Waals surface area contributed by atoms with Crippen LogP contribution in [0.15, 0.2) is 54.6 Å². The van der Waals surface area contributed by atoms with Gasteiger partial charge in [-0.2, -0.15) is 0 Å². The lowest BCUT2D eigenvalue weighted by molar-refractivity contribution is 0.0470. The van der Waals surface area contributed by atoms with Crippen LogP contribution in [0, 0.1) is 5.82 Å². The number of hydrogen-bond donors (Lipinski definition) is 1. The first-order chi connectivity index (χ1) is 10.6. The number of hydrogen-bond acceptors (Lipinski definition) is 3. The van der Waals surface area contributed by atoms with Crippen LogP contribution in [-0.4, -0.2) is 23.3 Å². The van der Waals surface area contributed by atoms with Gasteiger partial charge in [-0.05, 0) is 36.4 Å². The molecule has 0 aliphatic heterocycles. The first-order valence-electron chi connectivity index (χ1n) is 6.67. The first-order valence-corrected chi connectivity index (χ1v) is 6.67. The summed E-state index contributed by atoms with van der Waals surface area (Å²) in [6.45, 7) is -0.389. The van der Waals surface area contributed by atoms with Crippen molar-refractivity contribution in [1.82, 2.24) is 4.98 Å². The molecule has 0 amide bonds. The highest BCUT2D eigenvalue weighted by atomic mass is 19.1. The van der Waals surface area contributed by atoms with Gasteiger partial charge in [0, 0.05) is 16.5 Å². The second-order valence-electron chi connectivity index (χ2n) is 4.78. The van der Waals surface area contributed by atoms with E-state index in [1.165, 1.54) is 24.3 Å². The van der Waals surface area contributed by atoms with Gasteiger partial charge in [0.15, 0.2) is 12.4 Å². The Kier molecular flexibility index (Phi) is 3.70. The van der Waals surface area contributed by atoms with Crippen molar-refractivity contribution in [3.05, 3.63) is 71.7 Å². The summed E-state index contributed by atoms with van der Waals surface area (Å²) in [6, 6.07) is 14.2. The summed E-state index contributed by atoms with van der Waals surface area (Å²) in [5.74, 6) is -1.41. The third-order valence-corrected chi connectivity index (χ3v) is 3.25. The molecule has 4 nitrogen and oxygen atoms in total. The Balaban J connectivity index is 1.66. The number of ketones is 1. The molecule has 1 N–H and O–H groups in total. The number of ether oxygens (including phenoxy) is 1. The smallest absolute Gasteiger partial charge is 0.355 e. The molecule has 3 aromatic rings. The molecule has 0 aliphatic rings. The highest BCUT2D eigenvalue weighted by Gasteiger charge is 2.14. The molecule has 1 aromatic heterocycles. The van der Waals surface area contributed by atoms with E-state index in [4.69, 9.17) is 4.74 Å². The van der Waals surface area contributed by atoms with Gasteiger partial charge in [0.1, 0.15) is 11.5 Å². The fourth-order valence-corrected chi connectivity index (χ4v) is 2.11. The molecule has 2 aromatic carbocycles. The van der Waals surface area contributed by atoms with Gasteiger partial charge in [-0.25, -0.2) is 9.18 Å². The van der Waals surface area contributed by atoms with Crippen LogP contribution in [0.4, 0.5) is 4.39 Å². The van der Waals surface area contributed by atoms with E-state index in [0.29, 0.717) is 5.56 Å². The number of esters is 1. The SMILES string of the molecule is O=C(COC(=O)c1cc2ccccc2[nH]1)c1ccc(F)cc1. The van der Waals surface area contributed by atoms with Gasteiger partial charge in [-0.3, -0.25) is 4.79 Å². The highest BCUT2D eigenvalue weighted by Crippen LogP contribution is 2.15. The molecule has 110 valence electrons. The fourth-order valence-electron chi connectivity index (χ4n) is 2.11. The average Bonchev–Trinajstić information content (AvgIpc) is 2.97. The molecule has 0 saturated heterocycles. The molecule has 22 heavy (non-hydrogen) atoms. The predicted octanol–water partition coefficient (Wildman–Crippen LogP) is 3.35. The van der Waals surface area contributed by atoms with Gasteiger partial charge in [0.25, 0.3) is 0 Å². The molecule has 0 atom stereocenters. The van der Waals surface area contributed by atoms with Crippen LogP contribution in [-0.2, 0) is 4.74 Å². The van der Waals surface area contributed by atoms with Crippen molar-refractivity contribution in [2.75, 3.05) is 6.61 Å². The lowest BCUT2D eigenvalue weighted by Gasteiger charge is -2.03. The molecule has 0 unspecified atom stereocenters. The summed E-state index contributed by atoms with van der Waals surface area (Å²) in [7, 11) is 0. The number of carbonyl (C=O) groups is 2. The fraction of sp³-hybridized carbons (Fsp3) is 0.0588. The van der Waals surface area contributed by atoms with Crippen LogP contribution in [0.25, 0.3) is 10.9 Å². The van der Waals surface area contributed by atoms with E-state index in [1.54, 1.807) is 6.07 Å². The normalized spacial score (nSPS) is 10.6. The van der Waals surface area contributed by atoms with Crippen LogP contribution in [0.3, 0.4) is 0 Å². The first kappa shape index (κ1) is 14.0. The zero-order valence-electron chi connectivity index (χ0n) is 11.5. The number of H-pyrrole nitrogens is 1. The summed E-state index contributed by atoms with van der Waals surface area (Å²) in [6.07, 6.45) is 0. The molecule has 5 heteroatoms. The number of rotatable bonds is 4. The number of benzene rings is 2. The summed E-state index contributed by atoms with van der Waals surface area (Å²) >= 11 is 0. The van der Waals surface area contributed by atoms with Gasteiger partial charge in [0.05, 0.1) is 0 Å². The van der Waals surface area contributed by atoms with E-state index >= 15 is 0 Å². The number of carbonyl (C=O) groups excluding carboxylic acids is 2. The van der Waals surface area contributed by atoms with Gasteiger partial charge < -0.3 is 9.72 Å². The van der Waals surface area contributed by atoms with Crippen LogP contribution in [0.2, 0.25) is 0 Å². The van der Waals surface area contributed by atoms with E-state index in [9.17, 15) is 14.0 Å². The largest absolute Gasteiger partial charge is 0.453 e. The molecule has 0 bridgehead atoms. The maximum absolute atomic E-state index is 12.8. The van der Waals surface area contributed by atoms with Crippen LogP contribution >= 0.6 is 0 Å². The third-order valence-electron chi connectivity index (χ3n) is 3.25. The second-order valence-corrected chi connectivity index (χ2v) is 4.78. The molecule has 0 fully saturated rings. The van der Waals surface area contributed by atoms with Crippen molar-refractivity contribution in [3.8, 4) is 0 Å². The van der Waals surface area contributed by atoms with Gasteiger partial charge >= 0.3 is 5.97 Å². The van der Waals surface area contributed by atoms with Crippen LogP contribution < -0.4 is 0 Å². The van der Waals surface area contributed by atoms with Crippen LogP contribution in [0.5, 0.6) is 0 Å². The summed E-state index contributed by atoms with van der Waals surface area (Å²) in [5.41, 5.74) is 1.40. The van der Waals surface area contributed by atoms with E-state index < -0.39 is 11.8 Å². The number of nitrogens with one attached hydrogen (secondary N) is 1. The number of fused-ring (bicyclic) bond motifs is 1. The molecule has 3 rings (SSSR count). The molecule has 1 heterocycles. The van der Waals surface area contributed by atoms with Crippen LogP contribution in [0.1, 0.15) is 20.8 Å². The van der Waals surface area contributed by atoms with E-state index in [0.717, 1.165) is 10.9 Å². The minimum absolute atomic E-state index is 0.285. The average molecular weight is 297 g/mol. The number of aromatic amines is 1. The topological polar surface area (TPSA) is 59.2 Å². The zero-order valence-corrected chi connectivity index (χ0v) is 11.5. The molecule has 0 saturated carbocycles. The summed E-state index contributed by atoms with van der Waals surface area (Å²) in [4.78, 5) is 26.7. The molecule has 0 aliphatic carbocycles. The Labute approximate surface area is 125 Å². The summed E-state index contributed by atoms with van der Waals surface area (Å²) in [5, 5.41) is 0.888. The van der Waals surface area contributed by atoms with E-state index in [2.05, 4.69) is 4.98 Å². The van der Waals surface area contributed by atoms with Gasteiger partial charge in [-0.15, -0.1) is 0 Å². The minimum atomic E-state index is -0.605. The third kappa shape index (κ3) is 2.88. The van der Waals surface area contributed by atoms with Gasteiger partial charge in [-0.1, -0.05) is 18.2 Å².